The summed E-state index contributed by atoms with van der Waals surface area (Å²) < 4.78 is 1.79. The first kappa shape index (κ1) is 12.8. The van der Waals surface area contributed by atoms with E-state index in [0.29, 0.717) is 0 Å². The van der Waals surface area contributed by atoms with Crippen molar-refractivity contribution < 1.29 is 5.11 Å². The van der Waals surface area contributed by atoms with E-state index in [2.05, 4.69) is 24.2 Å². The molecule has 0 spiro atoms. The van der Waals surface area contributed by atoms with Crippen LogP contribution in [0.1, 0.15) is 30.4 Å². The van der Waals surface area contributed by atoms with Crippen molar-refractivity contribution in [2.24, 2.45) is 7.05 Å². The second kappa shape index (κ2) is 5.83. The van der Waals surface area contributed by atoms with Crippen LogP contribution >= 0.6 is 0 Å². The Morgan fingerprint density at radius 1 is 1.28 bits per heavy atom. The third-order valence-electron chi connectivity index (χ3n) is 3.39. The molecule has 1 aromatic heterocycles. The maximum atomic E-state index is 10.2. The number of nitrogens with zero attached hydrogens (tertiary/aromatic N) is 2. The molecule has 2 unspecified atom stereocenters. The lowest BCUT2D eigenvalue weighted by Crippen LogP contribution is -2.16. The lowest BCUT2D eigenvalue weighted by atomic mass is 9.92. The third-order valence-corrected chi connectivity index (χ3v) is 3.39. The van der Waals surface area contributed by atoms with Crippen LogP contribution in [0.15, 0.2) is 42.7 Å². The van der Waals surface area contributed by atoms with Crippen molar-refractivity contribution in [3.05, 3.63) is 53.9 Å². The number of benzene rings is 1. The quantitative estimate of drug-likeness (QED) is 0.877. The molecule has 0 saturated heterocycles. The van der Waals surface area contributed by atoms with E-state index in [1.54, 1.807) is 4.68 Å². The summed E-state index contributed by atoms with van der Waals surface area (Å²) in [7, 11) is 1.91. The highest BCUT2D eigenvalue weighted by Gasteiger charge is 2.15. The first-order chi connectivity index (χ1) is 8.66. The van der Waals surface area contributed by atoms with Crippen LogP contribution in [0, 0.1) is 0 Å². The second-order valence-corrected chi connectivity index (χ2v) is 4.83. The zero-order chi connectivity index (χ0) is 13.0. The SMILES string of the molecule is CC(c1ccccc1)C(O)CCc1cnn(C)c1. The number of rotatable bonds is 5. The van der Waals surface area contributed by atoms with Gasteiger partial charge in [0.1, 0.15) is 0 Å². The Morgan fingerprint density at radius 3 is 2.61 bits per heavy atom. The van der Waals surface area contributed by atoms with Crippen molar-refractivity contribution in [3.63, 3.8) is 0 Å². The normalized spacial score (nSPS) is 14.4. The second-order valence-electron chi connectivity index (χ2n) is 4.83. The van der Waals surface area contributed by atoms with E-state index < -0.39 is 0 Å². The zero-order valence-electron chi connectivity index (χ0n) is 11.0. The van der Waals surface area contributed by atoms with Gasteiger partial charge in [0.05, 0.1) is 12.3 Å². The fourth-order valence-corrected chi connectivity index (χ4v) is 2.14. The topological polar surface area (TPSA) is 38.1 Å². The summed E-state index contributed by atoms with van der Waals surface area (Å²) in [5, 5.41) is 14.3. The van der Waals surface area contributed by atoms with Gasteiger partial charge < -0.3 is 5.11 Å². The molecule has 0 saturated carbocycles. The number of aryl methyl sites for hydroxylation is 2. The standard InChI is InChI=1S/C15H20N2O/c1-12(14-6-4-3-5-7-14)15(18)9-8-13-10-16-17(2)11-13/h3-7,10-12,15,18H,8-9H2,1-2H3. The molecule has 18 heavy (non-hydrogen) atoms. The van der Waals surface area contributed by atoms with Crippen molar-refractivity contribution in [1.29, 1.82) is 0 Å². The van der Waals surface area contributed by atoms with E-state index in [1.807, 2.05) is 37.6 Å². The van der Waals surface area contributed by atoms with Crippen molar-refractivity contribution in [1.82, 2.24) is 9.78 Å². The first-order valence-electron chi connectivity index (χ1n) is 6.37. The molecular weight excluding hydrogens is 224 g/mol. The van der Waals surface area contributed by atoms with Crippen molar-refractivity contribution in [2.45, 2.75) is 31.8 Å². The molecule has 1 aromatic carbocycles. The Hall–Kier alpha value is -1.61. The van der Waals surface area contributed by atoms with E-state index in [1.165, 1.54) is 11.1 Å². The number of hydrogen-bond acceptors (Lipinski definition) is 2. The van der Waals surface area contributed by atoms with Crippen LogP contribution in [-0.4, -0.2) is 21.0 Å². The minimum atomic E-state index is -0.312. The van der Waals surface area contributed by atoms with E-state index in [-0.39, 0.29) is 12.0 Å². The van der Waals surface area contributed by atoms with Gasteiger partial charge in [-0.3, -0.25) is 4.68 Å². The average molecular weight is 244 g/mol. The van der Waals surface area contributed by atoms with Gasteiger partial charge in [0.2, 0.25) is 0 Å². The number of hydrogen-bond donors (Lipinski definition) is 1. The van der Waals surface area contributed by atoms with Crippen LogP contribution in [0.25, 0.3) is 0 Å². The average Bonchev–Trinajstić information content (AvgIpc) is 2.82. The minimum absolute atomic E-state index is 0.169. The first-order valence-corrected chi connectivity index (χ1v) is 6.37. The van der Waals surface area contributed by atoms with Crippen LogP contribution in [0.5, 0.6) is 0 Å². The Balaban J connectivity index is 1.90. The summed E-state index contributed by atoms with van der Waals surface area (Å²) in [6, 6.07) is 10.2. The summed E-state index contributed by atoms with van der Waals surface area (Å²) in [5.41, 5.74) is 2.37. The van der Waals surface area contributed by atoms with Gasteiger partial charge >= 0.3 is 0 Å². The van der Waals surface area contributed by atoms with Gasteiger partial charge in [-0.15, -0.1) is 0 Å². The van der Waals surface area contributed by atoms with Crippen molar-refractivity contribution in [2.75, 3.05) is 0 Å². The van der Waals surface area contributed by atoms with E-state index in [4.69, 9.17) is 0 Å². The molecule has 0 radical (unpaired) electrons. The molecule has 0 aliphatic rings. The Kier molecular flexibility index (Phi) is 4.15. The van der Waals surface area contributed by atoms with Gasteiger partial charge in [-0.2, -0.15) is 5.10 Å². The molecule has 2 rings (SSSR count). The van der Waals surface area contributed by atoms with E-state index in [0.717, 1.165) is 12.8 Å². The van der Waals surface area contributed by atoms with Gasteiger partial charge in [0, 0.05) is 19.2 Å². The van der Waals surface area contributed by atoms with Crippen LogP contribution in [0.3, 0.4) is 0 Å². The predicted octanol–water partition coefficient (Wildman–Crippen LogP) is 2.52. The maximum Gasteiger partial charge on any atom is 0.0609 e. The molecule has 0 aliphatic carbocycles. The van der Waals surface area contributed by atoms with Gasteiger partial charge in [0.15, 0.2) is 0 Å². The van der Waals surface area contributed by atoms with Gasteiger partial charge in [0.25, 0.3) is 0 Å². The maximum absolute atomic E-state index is 10.2. The number of aliphatic hydroxyl groups is 1. The van der Waals surface area contributed by atoms with E-state index >= 15 is 0 Å². The van der Waals surface area contributed by atoms with Crippen molar-refractivity contribution in [3.8, 4) is 0 Å². The van der Waals surface area contributed by atoms with Crippen LogP contribution in [-0.2, 0) is 13.5 Å². The fourth-order valence-electron chi connectivity index (χ4n) is 2.14. The van der Waals surface area contributed by atoms with Crippen LogP contribution in [0.2, 0.25) is 0 Å². The molecule has 1 heterocycles. The van der Waals surface area contributed by atoms with Crippen LogP contribution < -0.4 is 0 Å². The molecule has 3 nitrogen and oxygen atoms in total. The van der Waals surface area contributed by atoms with Crippen molar-refractivity contribution >= 4 is 0 Å². The van der Waals surface area contributed by atoms with Gasteiger partial charge in [-0.25, -0.2) is 0 Å². The number of aliphatic hydroxyl groups excluding tert-OH is 1. The molecule has 0 amide bonds. The lowest BCUT2D eigenvalue weighted by Gasteiger charge is -2.18. The van der Waals surface area contributed by atoms with Gasteiger partial charge in [-0.1, -0.05) is 37.3 Å². The Morgan fingerprint density at radius 2 is 2.00 bits per heavy atom. The summed E-state index contributed by atoms with van der Waals surface area (Å²) in [4.78, 5) is 0. The highest BCUT2D eigenvalue weighted by molar-refractivity contribution is 5.20. The monoisotopic (exact) mass is 244 g/mol. The number of aromatic nitrogens is 2. The Labute approximate surface area is 108 Å². The summed E-state index contributed by atoms with van der Waals surface area (Å²) in [6.45, 7) is 2.07. The van der Waals surface area contributed by atoms with E-state index in [9.17, 15) is 5.11 Å². The third kappa shape index (κ3) is 3.20. The highest BCUT2D eigenvalue weighted by atomic mass is 16.3. The lowest BCUT2D eigenvalue weighted by molar-refractivity contribution is 0.140. The highest BCUT2D eigenvalue weighted by Crippen LogP contribution is 2.21. The molecule has 0 fully saturated rings. The molecule has 0 bridgehead atoms. The smallest absolute Gasteiger partial charge is 0.0609 e. The molecular formula is C15H20N2O. The molecule has 96 valence electrons. The molecule has 3 heteroatoms. The molecule has 1 N–H and O–H groups in total. The minimum Gasteiger partial charge on any atom is -0.392 e. The Bertz CT molecular complexity index is 478. The molecule has 2 atom stereocenters. The summed E-state index contributed by atoms with van der Waals surface area (Å²) in [5.74, 6) is 0.169. The summed E-state index contributed by atoms with van der Waals surface area (Å²) >= 11 is 0. The predicted molar refractivity (Wildman–Crippen MR) is 72.4 cm³/mol. The molecule has 2 aromatic rings. The zero-order valence-corrected chi connectivity index (χ0v) is 11.0. The molecule has 0 aliphatic heterocycles. The summed E-state index contributed by atoms with van der Waals surface area (Å²) in [6.07, 6.45) is 5.18. The van der Waals surface area contributed by atoms with Gasteiger partial charge in [-0.05, 0) is 24.0 Å². The van der Waals surface area contributed by atoms with Crippen LogP contribution in [0.4, 0.5) is 0 Å². The largest absolute Gasteiger partial charge is 0.392 e. The fraction of sp³-hybridized carbons (Fsp3) is 0.400.